The molecule has 4 heteroatoms. The van der Waals surface area contributed by atoms with Gasteiger partial charge in [0, 0.05) is 11.4 Å². The van der Waals surface area contributed by atoms with Gasteiger partial charge in [0.1, 0.15) is 5.75 Å². The van der Waals surface area contributed by atoms with Gasteiger partial charge in [-0.1, -0.05) is 12.1 Å². The van der Waals surface area contributed by atoms with Gasteiger partial charge in [-0.05, 0) is 69.7 Å². The van der Waals surface area contributed by atoms with E-state index in [1.807, 2.05) is 76.2 Å². The first-order chi connectivity index (χ1) is 10.8. The average Bonchev–Trinajstić information content (AvgIpc) is 2.49. The minimum absolute atomic E-state index is 0.0696. The van der Waals surface area contributed by atoms with Crippen molar-refractivity contribution in [3.05, 3.63) is 54.1 Å². The van der Waals surface area contributed by atoms with Gasteiger partial charge < -0.3 is 15.8 Å². The van der Waals surface area contributed by atoms with Gasteiger partial charge in [-0.15, -0.1) is 0 Å². The van der Waals surface area contributed by atoms with Gasteiger partial charge in [-0.2, -0.15) is 0 Å². The Balaban J connectivity index is 2.09. The smallest absolute Gasteiger partial charge is 0.234 e. The Labute approximate surface area is 137 Å². The molecule has 3 N–H and O–H groups in total. The lowest BCUT2D eigenvalue weighted by Gasteiger charge is -2.24. The second-order valence-electron chi connectivity index (χ2n) is 6.39. The molecule has 0 spiro atoms. The van der Waals surface area contributed by atoms with Gasteiger partial charge >= 0.3 is 0 Å². The molecular formula is C19H24N2O2. The molecule has 0 aliphatic rings. The Morgan fingerprint density at radius 2 is 1.61 bits per heavy atom. The fourth-order valence-electron chi connectivity index (χ4n) is 2.21. The minimum Gasteiger partial charge on any atom is -0.491 e. The van der Waals surface area contributed by atoms with Crippen molar-refractivity contribution in [2.45, 2.75) is 39.2 Å². The molecule has 0 aromatic heterocycles. The Morgan fingerprint density at radius 3 is 2.13 bits per heavy atom. The molecule has 122 valence electrons. The number of hydrogen-bond donors (Lipinski definition) is 2. The Kier molecular flexibility index (Phi) is 4.94. The van der Waals surface area contributed by atoms with E-state index in [4.69, 9.17) is 10.5 Å². The number of anilines is 2. The van der Waals surface area contributed by atoms with Gasteiger partial charge in [-0.25, -0.2) is 0 Å². The van der Waals surface area contributed by atoms with E-state index in [1.165, 1.54) is 0 Å². The molecule has 0 heterocycles. The molecule has 2 aromatic rings. The van der Waals surface area contributed by atoms with E-state index in [1.54, 1.807) is 0 Å². The van der Waals surface area contributed by atoms with Gasteiger partial charge in [0.15, 0.2) is 0 Å². The van der Waals surface area contributed by atoms with Crippen molar-refractivity contribution in [3.63, 3.8) is 0 Å². The topological polar surface area (TPSA) is 64.3 Å². The van der Waals surface area contributed by atoms with Crippen LogP contribution in [0, 0.1) is 0 Å². The lowest BCUT2D eigenvalue weighted by Crippen LogP contribution is -2.34. The molecule has 0 aliphatic heterocycles. The van der Waals surface area contributed by atoms with Gasteiger partial charge in [-0.3, -0.25) is 4.79 Å². The molecule has 0 saturated carbocycles. The second kappa shape index (κ2) is 6.73. The molecule has 2 rings (SSSR count). The van der Waals surface area contributed by atoms with E-state index in [0.29, 0.717) is 5.69 Å². The zero-order valence-corrected chi connectivity index (χ0v) is 14.1. The number of carbonyl (C=O) groups excluding carboxylic acids is 1. The van der Waals surface area contributed by atoms with Crippen LogP contribution in [0.2, 0.25) is 0 Å². The van der Waals surface area contributed by atoms with E-state index in [0.717, 1.165) is 17.0 Å². The number of nitrogens with two attached hydrogens (primary N) is 1. The molecule has 0 radical (unpaired) electrons. The minimum atomic E-state index is -0.652. The average molecular weight is 312 g/mol. The van der Waals surface area contributed by atoms with Crippen molar-refractivity contribution < 1.29 is 9.53 Å². The number of carbonyl (C=O) groups is 1. The number of nitrogen functional groups attached to an aromatic ring is 1. The molecule has 0 unspecified atom stereocenters. The standard InChI is InChI=1S/C19H24N2O2/c1-13(2)23-17-11-9-16(10-12-17)21-18(22)19(3,4)14-5-7-15(20)8-6-14/h5-13H,20H2,1-4H3,(H,21,22). The first-order valence-corrected chi connectivity index (χ1v) is 7.73. The van der Waals surface area contributed by atoms with Crippen LogP contribution in [0.15, 0.2) is 48.5 Å². The van der Waals surface area contributed by atoms with Crippen LogP contribution in [0.25, 0.3) is 0 Å². The van der Waals surface area contributed by atoms with Crippen LogP contribution in [0.4, 0.5) is 11.4 Å². The molecule has 0 bridgehead atoms. The summed E-state index contributed by atoms with van der Waals surface area (Å²) in [5.74, 6) is 0.718. The highest BCUT2D eigenvalue weighted by Gasteiger charge is 2.29. The normalized spacial score (nSPS) is 11.3. The van der Waals surface area contributed by atoms with Crippen LogP contribution < -0.4 is 15.8 Å². The molecule has 0 atom stereocenters. The SMILES string of the molecule is CC(C)Oc1ccc(NC(=O)C(C)(C)c2ccc(N)cc2)cc1. The highest BCUT2D eigenvalue weighted by atomic mass is 16.5. The summed E-state index contributed by atoms with van der Waals surface area (Å²) in [6, 6.07) is 14.8. The number of hydrogen-bond acceptors (Lipinski definition) is 3. The van der Waals surface area contributed by atoms with E-state index in [-0.39, 0.29) is 12.0 Å². The van der Waals surface area contributed by atoms with E-state index in [2.05, 4.69) is 5.32 Å². The van der Waals surface area contributed by atoms with Crippen molar-refractivity contribution in [3.8, 4) is 5.75 Å². The number of ether oxygens (including phenoxy) is 1. The lowest BCUT2D eigenvalue weighted by atomic mass is 9.83. The molecule has 1 amide bonds. The van der Waals surface area contributed by atoms with Crippen molar-refractivity contribution >= 4 is 17.3 Å². The highest BCUT2D eigenvalue weighted by Crippen LogP contribution is 2.26. The van der Waals surface area contributed by atoms with Crippen LogP contribution in [0.5, 0.6) is 5.75 Å². The summed E-state index contributed by atoms with van der Waals surface area (Å²) >= 11 is 0. The molecule has 4 nitrogen and oxygen atoms in total. The van der Waals surface area contributed by atoms with Gasteiger partial charge in [0.2, 0.25) is 5.91 Å². The maximum absolute atomic E-state index is 12.6. The van der Waals surface area contributed by atoms with Crippen LogP contribution in [0.3, 0.4) is 0 Å². The zero-order valence-electron chi connectivity index (χ0n) is 14.1. The monoisotopic (exact) mass is 312 g/mol. The Hall–Kier alpha value is -2.49. The third-order valence-electron chi connectivity index (χ3n) is 3.68. The summed E-state index contributed by atoms with van der Waals surface area (Å²) in [5.41, 5.74) is 7.40. The van der Waals surface area contributed by atoms with Gasteiger partial charge in [0.25, 0.3) is 0 Å². The number of benzene rings is 2. The summed E-state index contributed by atoms with van der Waals surface area (Å²) < 4.78 is 5.60. The second-order valence-corrected chi connectivity index (χ2v) is 6.39. The van der Waals surface area contributed by atoms with Crippen molar-refractivity contribution in [2.75, 3.05) is 11.1 Å². The zero-order chi connectivity index (χ0) is 17.0. The van der Waals surface area contributed by atoms with E-state index in [9.17, 15) is 4.79 Å². The third kappa shape index (κ3) is 4.25. The summed E-state index contributed by atoms with van der Waals surface area (Å²) in [6.45, 7) is 7.74. The van der Waals surface area contributed by atoms with Crippen LogP contribution in [-0.2, 0) is 10.2 Å². The largest absolute Gasteiger partial charge is 0.491 e. The first kappa shape index (κ1) is 16.9. The number of rotatable bonds is 5. The Bertz CT molecular complexity index is 659. The van der Waals surface area contributed by atoms with Crippen LogP contribution in [0.1, 0.15) is 33.3 Å². The quantitative estimate of drug-likeness (QED) is 0.821. The predicted octanol–water partition coefficient (Wildman–Crippen LogP) is 3.97. The fourth-order valence-corrected chi connectivity index (χ4v) is 2.21. The maximum atomic E-state index is 12.6. The number of amides is 1. The van der Waals surface area contributed by atoms with Crippen molar-refractivity contribution in [2.24, 2.45) is 0 Å². The number of nitrogens with one attached hydrogen (secondary N) is 1. The van der Waals surface area contributed by atoms with Crippen LogP contribution >= 0.6 is 0 Å². The summed E-state index contributed by atoms with van der Waals surface area (Å²) in [6.07, 6.45) is 0.125. The molecule has 0 fully saturated rings. The molecular weight excluding hydrogens is 288 g/mol. The van der Waals surface area contributed by atoms with Crippen molar-refractivity contribution in [1.29, 1.82) is 0 Å². The van der Waals surface area contributed by atoms with Gasteiger partial charge in [0.05, 0.1) is 11.5 Å². The lowest BCUT2D eigenvalue weighted by molar-refractivity contribution is -0.120. The summed E-state index contributed by atoms with van der Waals surface area (Å²) in [5, 5.41) is 2.95. The van der Waals surface area contributed by atoms with E-state index < -0.39 is 5.41 Å². The van der Waals surface area contributed by atoms with Crippen molar-refractivity contribution in [1.82, 2.24) is 0 Å². The van der Waals surface area contributed by atoms with Crippen LogP contribution in [-0.4, -0.2) is 12.0 Å². The summed E-state index contributed by atoms with van der Waals surface area (Å²) in [7, 11) is 0. The third-order valence-corrected chi connectivity index (χ3v) is 3.68. The highest BCUT2D eigenvalue weighted by molar-refractivity contribution is 5.98. The molecule has 0 saturated heterocycles. The summed E-state index contributed by atoms with van der Waals surface area (Å²) in [4.78, 5) is 12.6. The Morgan fingerprint density at radius 1 is 1.04 bits per heavy atom. The predicted molar refractivity (Wildman–Crippen MR) is 94.7 cm³/mol. The first-order valence-electron chi connectivity index (χ1n) is 7.73. The fraction of sp³-hybridized carbons (Fsp3) is 0.316. The maximum Gasteiger partial charge on any atom is 0.234 e. The molecule has 0 aliphatic carbocycles. The van der Waals surface area contributed by atoms with E-state index >= 15 is 0 Å². The molecule has 2 aromatic carbocycles. The molecule has 23 heavy (non-hydrogen) atoms.